The van der Waals surface area contributed by atoms with Gasteiger partial charge in [0.25, 0.3) is 5.56 Å². The highest BCUT2D eigenvalue weighted by Gasteiger charge is 2.16. The van der Waals surface area contributed by atoms with Gasteiger partial charge in [0.1, 0.15) is 0 Å². The van der Waals surface area contributed by atoms with Crippen LogP contribution in [0.3, 0.4) is 0 Å². The molecule has 1 heterocycles. The minimum absolute atomic E-state index is 0.0837. The van der Waals surface area contributed by atoms with Crippen molar-refractivity contribution < 1.29 is 9.53 Å². The summed E-state index contributed by atoms with van der Waals surface area (Å²) in [7, 11) is 1.60. The molecule has 0 aliphatic carbocycles. The Morgan fingerprint density at radius 2 is 1.97 bits per heavy atom. The molecule has 3 rings (SSSR count). The third kappa shape index (κ3) is 4.86. The highest BCUT2D eigenvalue weighted by molar-refractivity contribution is 7.99. The molecule has 7 heteroatoms. The van der Waals surface area contributed by atoms with Gasteiger partial charge in [0.2, 0.25) is 5.91 Å². The Labute approximate surface area is 174 Å². The number of rotatable bonds is 7. The lowest BCUT2D eigenvalue weighted by molar-refractivity contribution is -0.119. The molecule has 0 saturated carbocycles. The van der Waals surface area contributed by atoms with Crippen molar-refractivity contribution in [2.24, 2.45) is 0 Å². The smallest absolute Gasteiger partial charge is 0.266 e. The zero-order valence-corrected chi connectivity index (χ0v) is 17.9. The van der Waals surface area contributed by atoms with E-state index in [0.29, 0.717) is 22.7 Å². The Kier molecular flexibility index (Phi) is 6.71. The lowest BCUT2D eigenvalue weighted by Gasteiger charge is -2.15. The second-order valence-electron chi connectivity index (χ2n) is 7.03. The maximum atomic E-state index is 13.2. The molecule has 2 aromatic carbocycles. The van der Waals surface area contributed by atoms with Crippen LogP contribution in [-0.2, 0) is 9.53 Å². The van der Waals surface area contributed by atoms with Crippen LogP contribution in [0.5, 0.6) is 0 Å². The van der Waals surface area contributed by atoms with E-state index >= 15 is 0 Å². The third-order valence-electron chi connectivity index (χ3n) is 4.65. The summed E-state index contributed by atoms with van der Waals surface area (Å²) in [5, 5.41) is 3.92. The van der Waals surface area contributed by atoms with Crippen LogP contribution in [0.1, 0.15) is 18.1 Å². The molecule has 0 spiro atoms. The first-order valence-electron chi connectivity index (χ1n) is 9.41. The van der Waals surface area contributed by atoms with Gasteiger partial charge in [-0.05, 0) is 56.2 Å². The summed E-state index contributed by atoms with van der Waals surface area (Å²) in [6.45, 7) is 6.36. The summed E-state index contributed by atoms with van der Waals surface area (Å²) >= 11 is 1.25. The van der Waals surface area contributed by atoms with E-state index in [0.717, 1.165) is 16.8 Å². The minimum Gasteiger partial charge on any atom is -0.383 e. The predicted molar refractivity (Wildman–Crippen MR) is 117 cm³/mol. The van der Waals surface area contributed by atoms with E-state index in [9.17, 15) is 9.59 Å². The van der Waals surface area contributed by atoms with Crippen LogP contribution in [0.15, 0.2) is 52.4 Å². The first-order valence-corrected chi connectivity index (χ1v) is 10.4. The number of aromatic nitrogens is 2. The summed E-state index contributed by atoms with van der Waals surface area (Å²) in [6.07, 6.45) is 0. The van der Waals surface area contributed by atoms with Crippen molar-refractivity contribution in [1.82, 2.24) is 14.9 Å². The number of hydrogen-bond donors (Lipinski definition) is 1. The maximum absolute atomic E-state index is 13.2. The van der Waals surface area contributed by atoms with Crippen LogP contribution in [0, 0.1) is 13.8 Å². The molecule has 3 aromatic rings. The highest BCUT2D eigenvalue weighted by Crippen LogP contribution is 2.22. The molecule has 29 heavy (non-hydrogen) atoms. The molecule has 1 N–H and O–H groups in total. The van der Waals surface area contributed by atoms with E-state index in [4.69, 9.17) is 4.74 Å². The van der Waals surface area contributed by atoms with Crippen LogP contribution >= 0.6 is 11.8 Å². The van der Waals surface area contributed by atoms with E-state index < -0.39 is 0 Å². The molecule has 0 saturated heterocycles. The fourth-order valence-corrected chi connectivity index (χ4v) is 3.86. The number of benzene rings is 2. The number of fused-ring (bicyclic) bond motifs is 1. The lowest BCUT2D eigenvalue weighted by Crippen LogP contribution is -2.36. The lowest BCUT2D eigenvalue weighted by atomic mass is 10.1. The molecule has 6 nitrogen and oxygen atoms in total. The number of amides is 1. The first-order chi connectivity index (χ1) is 13.9. The molecule has 0 bridgehead atoms. The first kappa shape index (κ1) is 21.1. The molecule has 0 aliphatic heterocycles. The zero-order chi connectivity index (χ0) is 21.0. The molecule has 0 fully saturated rings. The van der Waals surface area contributed by atoms with Gasteiger partial charge in [-0.3, -0.25) is 14.2 Å². The van der Waals surface area contributed by atoms with Crippen molar-refractivity contribution in [3.8, 4) is 5.69 Å². The van der Waals surface area contributed by atoms with Crippen LogP contribution in [0.25, 0.3) is 16.6 Å². The average Bonchev–Trinajstić information content (AvgIpc) is 2.69. The molecule has 0 radical (unpaired) electrons. The molecular weight excluding hydrogens is 386 g/mol. The SMILES string of the molecule is COC[C@H](C)NC(=O)CSc1nc2ccccc2c(=O)n1-c1ccc(C)c(C)c1. The van der Waals surface area contributed by atoms with E-state index in [1.54, 1.807) is 17.7 Å². The quantitative estimate of drug-likeness (QED) is 0.477. The van der Waals surface area contributed by atoms with Crippen LogP contribution in [-0.4, -0.2) is 41.0 Å². The maximum Gasteiger partial charge on any atom is 0.266 e. The molecule has 1 atom stereocenters. The van der Waals surface area contributed by atoms with Gasteiger partial charge in [-0.2, -0.15) is 0 Å². The molecular formula is C22H25N3O3S. The standard InChI is InChI=1S/C22H25N3O3S/c1-14-9-10-17(11-15(14)2)25-21(27)18-7-5-6-8-19(18)24-22(25)29-13-20(26)23-16(3)12-28-4/h5-11,16H,12-13H2,1-4H3,(H,23,26)/t16-/m0/s1. The predicted octanol–water partition coefficient (Wildman–Crippen LogP) is 3.25. The topological polar surface area (TPSA) is 73.2 Å². The van der Waals surface area contributed by atoms with Crippen molar-refractivity contribution >= 4 is 28.6 Å². The molecule has 1 aromatic heterocycles. The van der Waals surface area contributed by atoms with Gasteiger partial charge < -0.3 is 10.1 Å². The Hall–Kier alpha value is -2.64. The number of carbonyl (C=O) groups is 1. The van der Waals surface area contributed by atoms with Gasteiger partial charge in [0.05, 0.1) is 29.0 Å². The average molecular weight is 412 g/mol. The normalized spacial score (nSPS) is 12.1. The van der Waals surface area contributed by atoms with Crippen LogP contribution in [0.4, 0.5) is 0 Å². The number of methoxy groups -OCH3 is 1. The number of nitrogens with one attached hydrogen (secondary N) is 1. The fraction of sp³-hybridized carbons (Fsp3) is 0.318. The van der Waals surface area contributed by atoms with Crippen molar-refractivity contribution in [1.29, 1.82) is 0 Å². The number of thioether (sulfide) groups is 1. The highest BCUT2D eigenvalue weighted by atomic mass is 32.2. The van der Waals surface area contributed by atoms with Gasteiger partial charge in [-0.15, -0.1) is 0 Å². The van der Waals surface area contributed by atoms with Gasteiger partial charge >= 0.3 is 0 Å². The van der Waals surface area contributed by atoms with Crippen LogP contribution in [0.2, 0.25) is 0 Å². The number of carbonyl (C=O) groups excluding carboxylic acids is 1. The van der Waals surface area contributed by atoms with Crippen molar-refractivity contribution in [3.05, 3.63) is 63.9 Å². The van der Waals surface area contributed by atoms with E-state index in [-0.39, 0.29) is 23.3 Å². The fourth-order valence-electron chi connectivity index (χ4n) is 3.04. The van der Waals surface area contributed by atoms with Crippen molar-refractivity contribution in [2.75, 3.05) is 19.5 Å². The minimum atomic E-state index is -0.144. The van der Waals surface area contributed by atoms with Gasteiger partial charge in [0.15, 0.2) is 5.16 Å². The number of nitrogens with zero attached hydrogens (tertiary/aromatic N) is 2. The van der Waals surface area contributed by atoms with E-state index in [2.05, 4.69) is 10.3 Å². The molecule has 0 aliphatic rings. The monoisotopic (exact) mass is 411 g/mol. The number of aryl methyl sites for hydroxylation is 2. The zero-order valence-electron chi connectivity index (χ0n) is 17.1. The Morgan fingerprint density at radius 1 is 1.21 bits per heavy atom. The molecule has 0 unspecified atom stereocenters. The second-order valence-corrected chi connectivity index (χ2v) is 7.98. The largest absolute Gasteiger partial charge is 0.383 e. The number of para-hydroxylation sites is 1. The van der Waals surface area contributed by atoms with Gasteiger partial charge in [0, 0.05) is 13.2 Å². The van der Waals surface area contributed by atoms with Gasteiger partial charge in [-0.1, -0.05) is 30.0 Å². The Bertz CT molecular complexity index is 1090. The Morgan fingerprint density at radius 3 is 2.69 bits per heavy atom. The van der Waals surface area contributed by atoms with Crippen molar-refractivity contribution in [3.63, 3.8) is 0 Å². The number of ether oxygens (including phenoxy) is 1. The Balaban J connectivity index is 2.00. The summed E-state index contributed by atoms with van der Waals surface area (Å²) in [5.74, 6) is 0.0255. The van der Waals surface area contributed by atoms with Crippen molar-refractivity contribution in [2.45, 2.75) is 32.0 Å². The summed E-state index contributed by atoms with van der Waals surface area (Å²) in [4.78, 5) is 30.2. The van der Waals surface area contributed by atoms with Crippen LogP contribution < -0.4 is 10.9 Å². The van der Waals surface area contributed by atoms with Gasteiger partial charge in [-0.25, -0.2) is 4.98 Å². The number of hydrogen-bond acceptors (Lipinski definition) is 5. The van der Waals surface area contributed by atoms with E-state index in [1.807, 2.05) is 57.2 Å². The third-order valence-corrected chi connectivity index (χ3v) is 5.59. The molecule has 152 valence electrons. The summed E-state index contributed by atoms with van der Waals surface area (Å²) in [6, 6.07) is 13.0. The van der Waals surface area contributed by atoms with E-state index in [1.165, 1.54) is 11.8 Å². The molecule has 1 amide bonds. The summed E-state index contributed by atoms with van der Waals surface area (Å²) in [5.41, 5.74) is 3.45. The second kappa shape index (κ2) is 9.24. The summed E-state index contributed by atoms with van der Waals surface area (Å²) < 4.78 is 6.64.